The van der Waals surface area contributed by atoms with Crippen molar-refractivity contribution >= 4 is 50.2 Å². The van der Waals surface area contributed by atoms with E-state index in [1.807, 2.05) is 6.20 Å². The summed E-state index contributed by atoms with van der Waals surface area (Å²) in [6.07, 6.45) is 6.38. The summed E-state index contributed by atoms with van der Waals surface area (Å²) in [5.41, 5.74) is 15.7. The molecule has 0 amide bonds. The molecule has 6 heteroatoms. The van der Waals surface area contributed by atoms with E-state index in [1.54, 1.807) is 0 Å². The largest absolute Gasteiger partial charge is 0.457 e. The lowest BCUT2D eigenvalue weighted by molar-refractivity contribution is 0.479. The van der Waals surface area contributed by atoms with Crippen LogP contribution in [0.4, 0.5) is 28.4 Å². The Morgan fingerprint density at radius 1 is 0.516 bits per heavy atom. The molecule has 0 unspecified atom stereocenters. The van der Waals surface area contributed by atoms with Gasteiger partial charge < -0.3 is 19.4 Å². The van der Waals surface area contributed by atoms with E-state index < -0.39 is 0 Å². The second-order valence-corrected chi connectivity index (χ2v) is 21.1. The molecule has 0 bridgehead atoms. The minimum absolute atomic E-state index is 0.00578. The number of para-hydroxylation sites is 3. The Kier molecular flexibility index (Phi) is 8.66. The highest BCUT2D eigenvalue weighted by Crippen LogP contribution is 2.60. The van der Waals surface area contributed by atoms with Crippen LogP contribution in [0, 0.1) is 0 Å². The summed E-state index contributed by atoms with van der Waals surface area (Å²) in [4.78, 5) is 12.2. The van der Waals surface area contributed by atoms with Crippen LogP contribution in [0.2, 0.25) is 0 Å². The molecule has 8 aromatic rings. The third-order valence-electron chi connectivity index (χ3n) is 14.2. The van der Waals surface area contributed by atoms with Crippen molar-refractivity contribution in [3.8, 4) is 17.3 Å². The van der Waals surface area contributed by atoms with Crippen LogP contribution in [0.25, 0.3) is 27.6 Å². The molecule has 0 saturated carbocycles. The van der Waals surface area contributed by atoms with Gasteiger partial charge in [-0.1, -0.05) is 124 Å². The number of benzene rings is 6. The zero-order valence-electron chi connectivity index (χ0n) is 38.8. The average molecular weight is 840 g/mol. The molecule has 3 aliphatic rings. The van der Waals surface area contributed by atoms with Crippen LogP contribution in [-0.2, 0) is 21.7 Å². The molecule has 0 spiro atoms. The van der Waals surface area contributed by atoms with E-state index >= 15 is 0 Å². The molecular weight excluding hydrogens is 783 g/mol. The van der Waals surface area contributed by atoms with E-state index in [2.05, 4.69) is 234 Å². The first-order valence-electron chi connectivity index (χ1n) is 22.7. The molecule has 64 heavy (non-hydrogen) atoms. The fraction of sp³-hybridized carbons (Fsp3) is 0.259. The SMILES string of the molecule is CC(C)(C)c1cc(Oc2ccc3c4ccccc4n(-c4cc(C(C)(C)C)ccn4)c3c2)cc(N2C=CN(c3cc4c5c(c3)C(C)(C)c3ccccc3N5c3ccccc3C4(C)C)C2)c1. The van der Waals surface area contributed by atoms with Gasteiger partial charge in [-0.2, -0.15) is 0 Å². The Labute approximate surface area is 378 Å². The Morgan fingerprint density at radius 2 is 1.09 bits per heavy atom. The summed E-state index contributed by atoms with van der Waals surface area (Å²) in [6.45, 7) is 23.8. The van der Waals surface area contributed by atoms with E-state index in [4.69, 9.17) is 9.72 Å². The lowest BCUT2D eigenvalue weighted by atomic mass is 9.66. The van der Waals surface area contributed by atoms with Gasteiger partial charge in [-0.3, -0.25) is 4.57 Å². The molecule has 5 heterocycles. The molecule has 6 aromatic carbocycles. The minimum Gasteiger partial charge on any atom is -0.457 e. The molecule has 0 N–H and O–H groups in total. The quantitative estimate of drug-likeness (QED) is 0.173. The number of fused-ring (bicyclic) bond motifs is 7. The highest BCUT2D eigenvalue weighted by Gasteiger charge is 2.46. The molecule has 0 saturated heterocycles. The second kappa shape index (κ2) is 13.9. The maximum Gasteiger partial charge on any atom is 0.137 e. The number of ether oxygens (including phenoxy) is 1. The van der Waals surface area contributed by atoms with Crippen LogP contribution in [-0.4, -0.2) is 16.2 Å². The highest BCUT2D eigenvalue weighted by molar-refractivity contribution is 6.09. The zero-order valence-corrected chi connectivity index (χ0v) is 38.8. The third kappa shape index (κ3) is 6.17. The molecule has 320 valence electrons. The van der Waals surface area contributed by atoms with Gasteiger partial charge in [0, 0.05) is 63.7 Å². The van der Waals surface area contributed by atoms with Gasteiger partial charge in [0.05, 0.1) is 34.8 Å². The van der Waals surface area contributed by atoms with Gasteiger partial charge in [0.2, 0.25) is 0 Å². The van der Waals surface area contributed by atoms with Crippen molar-refractivity contribution in [1.82, 2.24) is 9.55 Å². The Hall–Kier alpha value is -6.79. The maximum atomic E-state index is 6.91. The number of anilines is 5. The topological polar surface area (TPSA) is 36.8 Å². The molecule has 6 nitrogen and oxygen atoms in total. The van der Waals surface area contributed by atoms with Crippen molar-refractivity contribution < 1.29 is 4.74 Å². The predicted molar refractivity (Wildman–Crippen MR) is 267 cm³/mol. The number of hydrogen-bond acceptors (Lipinski definition) is 5. The summed E-state index contributed by atoms with van der Waals surface area (Å²) in [7, 11) is 0. The summed E-state index contributed by atoms with van der Waals surface area (Å²) >= 11 is 0. The number of rotatable bonds is 5. The second-order valence-electron chi connectivity index (χ2n) is 21.1. The molecule has 0 radical (unpaired) electrons. The first kappa shape index (κ1) is 40.0. The van der Waals surface area contributed by atoms with E-state index in [-0.39, 0.29) is 21.7 Å². The van der Waals surface area contributed by atoms with Gasteiger partial charge in [0.25, 0.3) is 0 Å². The predicted octanol–water partition coefficient (Wildman–Crippen LogP) is 15.1. The number of aromatic nitrogens is 2. The van der Waals surface area contributed by atoms with E-state index in [0.29, 0.717) is 6.67 Å². The maximum absolute atomic E-state index is 6.91. The summed E-state index contributed by atoms with van der Waals surface area (Å²) in [6, 6.07) is 48.9. The van der Waals surface area contributed by atoms with Crippen molar-refractivity contribution in [2.45, 2.75) is 90.9 Å². The first-order valence-corrected chi connectivity index (χ1v) is 22.7. The Bertz CT molecular complexity index is 3150. The zero-order chi connectivity index (χ0) is 44.5. The molecule has 2 aromatic heterocycles. The average Bonchev–Trinajstić information content (AvgIpc) is 3.89. The first-order chi connectivity index (χ1) is 30.5. The lowest BCUT2D eigenvalue weighted by Crippen LogP contribution is -2.38. The molecule has 0 atom stereocenters. The van der Waals surface area contributed by atoms with Crippen LogP contribution in [0.3, 0.4) is 0 Å². The van der Waals surface area contributed by atoms with Gasteiger partial charge in [-0.15, -0.1) is 0 Å². The fourth-order valence-electron chi connectivity index (χ4n) is 10.4. The lowest BCUT2D eigenvalue weighted by Gasteiger charge is -2.49. The smallest absolute Gasteiger partial charge is 0.137 e. The summed E-state index contributed by atoms with van der Waals surface area (Å²) in [5.74, 6) is 2.49. The van der Waals surface area contributed by atoms with Crippen LogP contribution in [0.15, 0.2) is 152 Å². The summed E-state index contributed by atoms with van der Waals surface area (Å²) < 4.78 is 9.19. The molecular formula is C58H57N5O. The van der Waals surface area contributed by atoms with Gasteiger partial charge >= 0.3 is 0 Å². The number of hydrogen-bond donors (Lipinski definition) is 0. The molecule has 11 rings (SSSR count). The van der Waals surface area contributed by atoms with Gasteiger partial charge in [0.1, 0.15) is 17.3 Å². The van der Waals surface area contributed by atoms with Crippen molar-refractivity contribution in [2.75, 3.05) is 21.4 Å². The highest BCUT2D eigenvalue weighted by atomic mass is 16.5. The van der Waals surface area contributed by atoms with Crippen molar-refractivity contribution in [2.24, 2.45) is 0 Å². The Morgan fingerprint density at radius 3 is 1.73 bits per heavy atom. The van der Waals surface area contributed by atoms with E-state index in [0.717, 1.165) is 34.0 Å². The van der Waals surface area contributed by atoms with Gasteiger partial charge in [0.15, 0.2) is 0 Å². The van der Waals surface area contributed by atoms with Crippen LogP contribution in [0.5, 0.6) is 11.5 Å². The van der Waals surface area contributed by atoms with Gasteiger partial charge in [-0.25, -0.2) is 4.98 Å². The van der Waals surface area contributed by atoms with Crippen LogP contribution < -0.4 is 19.4 Å². The van der Waals surface area contributed by atoms with Crippen molar-refractivity contribution in [3.05, 3.63) is 185 Å². The standard InChI is InChI=1S/C58H57N5O/c1-55(2,3)37-25-26-59-53(31-37)62-49-20-14-11-17-43(49)44-24-23-41(35-52(44)62)64-42-30-38(56(4,5)6)29-39(32-42)60-27-28-61(36-60)40-33-47-54-48(34-40)58(9,10)46-19-13-16-22-51(46)63(54)50-21-15-12-18-45(50)57(47,7)8/h11-35H,36H2,1-10H3. The number of pyridine rings is 1. The van der Waals surface area contributed by atoms with E-state index in [9.17, 15) is 0 Å². The van der Waals surface area contributed by atoms with Crippen molar-refractivity contribution in [1.29, 1.82) is 0 Å². The van der Waals surface area contributed by atoms with Crippen LogP contribution >= 0.6 is 0 Å². The molecule has 3 aliphatic heterocycles. The normalized spacial score (nSPS) is 16.0. The molecule has 0 fully saturated rings. The van der Waals surface area contributed by atoms with E-state index in [1.165, 1.54) is 66.9 Å². The fourth-order valence-corrected chi connectivity index (χ4v) is 10.4. The van der Waals surface area contributed by atoms with Gasteiger partial charge in [-0.05, 0) is 111 Å². The van der Waals surface area contributed by atoms with Crippen LogP contribution in [0.1, 0.15) is 103 Å². The number of nitrogens with zero attached hydrogens (tertiary/aromatic N) is 5. The Balaban J connectivity index is 0.961. The van der Waals surface area contributed by atoms with Crippen molar-refractivity contribution in [3.63, 3.8) is 0 Å². The third-order valence-corrected chi connectivity index (χ3v) is 14.2. The minimum atomic E-state index is -0.198. The monoisotopic (exact) mass is 839 g/mol. The molecule has 0 aliphatic carbocycles. The summed E-state index contributed by atoms with van der Waals surface area (Å²) in [5, 5.41) is 2.36.